The molecule has 6 heteroatoms. The number of anilines is 1. The van der Waals surface area contributed by atoms with Crippen molar-refractivity contribution in [3.8, 4) is 11.3 Å². The van der Waals surface area contributed by atoms with Gasteiger partial charge in [-0.2, -0.15) is 0 Å². The Bertz CT molecular complexity index is 610. The minimum Gasteiger partial charge on any atom is -0.302 e. The first kappa shape index (κ1) is 14.3. The second-order valence-electron chi connectivity index (χ2n) is 4.31. The number of aromatic nitrogens is 1. The molecule has 2 aromatic rings. The fourth-order valence-corrected chi connectivity index (χ4v) is 2.62. The van der Waals surface area contributed by atoms with E-state index in [2.05, 4.69) is 10.3 Å². The molecular formula is C13H12Cl2N2OS. The van der Waals surface area contributed by atoms with Crippen molar-refractivity contribution in [1.82, 2.24) is 4.98 Å². The summed E-state index contributed by atoms with van der Waals surface area (Å²) in [6.45, 7) is 3.67. The van der Waals surface area contributed by atoms with E-state index < -0.39 is 0 Å². The summed E-state index contributed by atoms with van der Waals surface area (Å²) < 4.78 is 0. The molecule has 1 N–H and O–H groups in total. The van der Waals surface area contributed by atoms with E-state index in [1.54, 1.807) is 12.1 Å². The molecule has 0 bridgehead atoms. The van der Waals surface area contributed by atoms with Crippen molar-refractivity contribution in [2.45, 2.75) is 13.8 Å². The number of nitrogens with zero attached hydrogens (tertiary/aromatic N) is 1. The average Bonchev–Trinajstić information content (AvgIpc) is 2.77. The molecule has 0 fully saturated rings. The molecule has 0 radical (unpaired) electrons. The number of hydrogen-bond acceptors (Lipinski definition) is 3. The van der Waals surface area contributed by atoms with Gasteiger partial charge in [-0.05, 0) is 18.2 Å². The predicted octanol–water partition coefficient (Wildman–Crippen LogP) is 4.71. The largest absolute Gasteiger partial charge is 0.302 e. The van der Waals surface area contributed by atoms with Gasteiger partial charge in [-0.15, -0.1) is 11.3 Å². The van der Waals surface area contributed by atoms with Gasteiger partial charge < -0.3 is 5.32 Å². The van der Waals surface area contributed by atoms with Gasteiger partial charge in [0.1, 0.15) is 0 Å². The third kappa shape index (κ3) is 3.47. The van der Waals surface area contributed by atoms with Gasteiger partial charge in [0, 0.05) is 21.9 Å². The molecule has 3 nitrogen and oxygen atoms in total. The van der Waals surface area contributed by atoms with E-state index in [9.17, 15) is 4.79 Å². The van der Waals surface area contributed by atoms with Gasteiger partial charge in [0.2, 0.25) is 5.91 Å². The van der Waals surface area contributed by atoms with E-state index >= 15 is 0 Å². The fraction of sp³-hybridized carbons (Fsp3) is 0.231. The zero-order valence-electron chi connectivity index (χ0n) is 10.4. The van der Waals surface area contributed by atoms with Crippen LogP contribution < -0.4 is 5.32 Å². The molecule has 0 aliphatic rings. The first-order chi connectivity index (χ1) is 8.97. The molecule has 1 amide bonds. The van der Waals surface area contributed by atoms with Gasteiger partial charge in [-0.3, -0.25) is 4.79 Å². The zero-order valence-corrected chi connectivity index (χ0v) is 12.7. The molecule has 100 valence electrons. The Balaban J connectivity index is 2.23. The Morgan fingerprint density at radius 2 is 2.11 bits per heavy atom. The minimum absolute atomic E-state index is 0.0527. The van der Waals surface area contributed by atoms with Crippen LogP contribution in [0.4, 0.5) is 5.13 Å². The lowest BCUT2D eigenvalue weighted by molar-refractivity contribution is -0.118. The Hall–Kier alpha value is -1.10. The second kappa shape index (κ2) is 5.90. The molecule has 19 heavy (non-hydrogen) atoms. The van der Waals surface area contributed by atoms with Gasteiger partial charge in [0.05, 0.1) is 10.7 Å². The van der Waals surface area contributed by atoms with Crippen LogP contribution in [0.5, 0.6) is 0 Å². The summed E-state index contributed by atoms with van der Waals surface area (Å²) in [7, 11) is 0. The molecule has 0 aliphatic carbocycles. The van der Waals surface area contributed by atoms with Crippen molar-refractivity contribution in [2.75, 3.05) is 5.32 Å². The summed E-state index contributed by atoms with van der Waals surface area (Å²) in [6, 6.07) is 5.24. The van der Waals surface area contributed by atoms with Crippen molar-refractivity contribution in [2.24, 2.45) is 5.92 Å². The van der Waals surface area contributed by atoms with Gasteiger partial charge in [-0.25, -0.2) is 4.98 Å². The highest BCUT2D eigenvalue weighted by Crippen LogP contribution is 2.32. The number of halogens is 2. The molecule has 1 aromatic heterocycles. The van der Waals surface area contributed by atoms with Crippen molar-refractivity contribution >= 4 is 45.6 Å². The SMILES string of the molecule is CC(C)C(=O)Nc1nc(-c2ccc(Cl)cc2Cl)cs1. The summed E-state index contributed by atoms with van der Waals surface area (Å²) in [6.07, 6.45) is 0. The predicted molar refractivity (Wildman–Crippen MR) is 81.0 cm³/mol. The lowest BCUT2D eigenvalue weighted by atomic mass is 10.2. The molecule has 1 aromatic carbocycles. The van der Waals surface area contributed by atoms with Crippen LogP contribution in [0, 0.1) is 5.92 Å². The number of carbonyl (C=O) groups is 1. The summed E-state index contributed by atoms with van der Waals surface area (Å²) in [5.74, 6) is -0.130. The van der Waals surface area contributed by atoms with E-state index in [0.29, 0.717) is 15.2 Å². The van der Waals surface area contributed by atoms with Gasteiger partial charge in [0.15, 0.2) is 5.13 Å². The quantitative estimate of drug-likeness (QED) is 0.891. The molecule has 0 saturated carbocycles. The maximum Gasteiger partial charge on any atom is 0.228 e. The van der Waals surface area contributed by atoms with E-state index in [4.69, 9.17) is 23.2 Å². The number of hydrogen-bond donors (Lipinski definition) is 1. The third-order valence-corrected chi connectivity index (χ3v) is 3.77. The van der Waals surface area contributed by atoms with Crippen molar-refractivity contribution in [1.29, 1.82) is 0 Å². The van der Waals surface area contributed by atoms with Gasteiger partial charge >= 0.3 is 0 Å². The maximum absolute atomic E-state index is 11.6. The number of benzene rings is 1. The monoisotopic (exact) mass is 314 g/mol. The second-order valence-corrected chi connectivity index (χ2v) is 6.01. The van der Waals surface area contributed by atoms with E-state index in [0.717, 1.165) is 11.3 Å². The molecule has 1 heterocycles. The Kier molecular flexibility index (Phi) is 4.45. The summed E-state index contributed by atoms with van der Waals surface area (Å²) >= 11 is 13.3. The Morgan fingerprint density at radius 3 is 2.74 bits per heavy atom. The maximum atomic E-state index is 11.6. The van der Waals surface area contributed by atoms with Gasteiger partial charge in [-0.1, -0.05) is 37.0 Å². The number of carbonyl (C=O) groups excluding carboxylic acids is 1. The Morgan fingerprint density at radius 1 is 1.37 bits per heavy atom. The molecule has 0 unspecified atom stereocenters. The molecule has 2 rings (SSSR count). The molecule has 0 spiro atoms. The third-order valence-electron chi connectivity index (χ3n) is 2.47. The van der Waals surface area contributed by atoms with Crippen LogP contribution in [-0.4, -0.2) is 10.9 Å². The smallest absolute Gasteiger partial charge is 0.228 e. The van der Waals surface area contributed by atoms with Crippen molar-refractivity contribution in [3.63, 3.8) is 0 Å². The lowest BCUT2D eigenvalue weighted by Gasteiger charge is -2.04. The molecule has 0 saturated heterocycles. The van der Waals surface area contributed by atoms with Crippen LogP contribution in [0.25, 0.3) is 11.3 Å². The van der Waals surface area contributed by atoms with Crippen molar-refractivity contribution in [3.05, 3.63) is 33.6 Å². The Labute approximate surface area is 125 Å². The van der Waals surface area contributed by atoms with Crippen LogP contribution >= 0.6 is 34.5 Å². The highest BCUT2D eigenvalue weighted by Gasteiger charge is 2.12. The van der Waals surface area contributed by atoms with E-state index in [1.165, 1.54) is 11.3 Å². The van der Waals surface area contributed by atoms with Crippen LogP contribution in [0.15, 0.2) is 23.6 Å². The lowest BCUT2D eigenvalue weighted by Crippen LogP contribution is -2.17. The summed E-state index contributed by atoms with van der Waals surface area (Å²) in [4.78, 5) is 15.9. The molecule has 0 atom stereocenters. The normalized spacial score (nSPS) is 10.8. The standard InChI is InChI=1S/C13H12Cl2N2OS/c1-7(2)12(18)17-13-16-11(6-19-13)9-4-3-8(14)5-10(9)15/h3-7H,1-2H3,(H,16,17,18). The number of amides is 1. The average molecular weight is 315 g/mol. The molecular weight excluding hydrogens is 303 g/mol. The van der Waals surface area contributed by atoms with Crippen LogP contribution in [0.2, 0.25) is 10.0 Å². The minimum atomic E-state index is -0.0773. The number of nitrogens with one attached hydrogen (secondary N) is 1. The first-order valence-electron chi connectivity index (χ1n) is 5.69. The summed E-state index contributed by atoms with van der Waals surface area (Å²) in [5, 5.41) is 6.31. The topological polar surface area (TPSA) is 42.0 Å². The highest BCUT2D eigenvalue weighted by molar-refractivity contribution is 7.14. The summed E-state index contributed by atoms with van der Waals surface area (Å²) in [5.41, 5.74) is 1.53. The zero-order chi connectivity index (χ0) is 14.0. The van der Waals surface area contributed by atoms with Gasteiger partial charge in [0.25, 0.3) is 0 Å². The van der Waals surface area contributed by atoms with Crippen LogP contribution in [0.3, 0.4) is 0 Å². The van der Waals surface area contributed by atoms with Crippen LogP contribution in [0.1, 0.15) is 13.8 Å². The number of thiazole rings is 1. The molecule has 0 aliphatic heterocycles. The van der Waals surface area contributed by atoms with E-state index in [-0.39, 0.29) is 11.8 Å². The fourth-order valence-electron chi connectivity index (χ4n) is 1.40. The van der Waals surface area contributed by atoms with Crippen LogP contribution in [-0.2, 0) is 4.79 Å². The highest BCUT2D eigenvalue weighted by atomic mass is 35.5. The van der Waals surface area contributed by atoms with Crippen molar-refractivity contribution < 1.29 is 4.79 Å². The number of rotatable bonds is 3. The van der Waals surface area contributed by atoms with E-state index in [1.807, 2.05) is 25.3 Å². The first-order valence-corrected chi connectivity index (χ1v) is 7.32.